The molecule has 1 atom stereocenters. The number of rotatable bonds is 4. The van der Waals surface area contributed by atoms with Gasteiger partial charge >= 0.3 is 0 Å². The fourth-order valence-electron chi connectivity index (χ4n) is 4.03. The summed E-state index contributed by atoms with van der Waals surface area (Å²) in [4.78, 5) is 26.5. The molecule has 1 amide bonds. The van der Waals surface area contributed by atoms with Crippen LogP contribution in [0.1, 0.15) is 36.1 Å². The predicted octanol–water partition coefficient (Wildman–Crippen LogP) is 2.39. The van der Waals surface area contributed by atoms with Gasteiger partial charge in [-0.1, -0.05) is 37.3 Å². The molecule has 0 spiro atoms. The van der Waals surface area contributed by atoms with Gasteiger partial charge in [0.05, 0.1) is 31.4 Å². The largest absolute Gasteiger partial charge is 0.378 e. The molecule has 27 heavy (non-hydrogen) atoms. The Hall–Kier alpha value is -2.47. The standard InChI is InChI=1S/C21H26N4O2/c1-2-17(16-6-4-3-5-7-16)21(26)25-9-8-18-19(14-25)22-15-23-20(18)24-10-12-27-13-11-24/h3-7,15,17H,2,8-14H2,1H3/t17-/m1/s1. The van der Waals surface area contributed by atoms with Crippen molar-refractivity contribution in [3.63, 3.8) is 0 Å². The third-order valence-electron chi connectivity index (χ3n) is 5.51. The monoisotopic (exact) mass is 366 g/mol. The summed E-state index contributed by atoms with van der Waals surface area (Å²) in [5.74, 6) is 1.12. The molecule has 1 aromatic heterocycles. The van der Waals surface area contributed by atoms with Crippen molar-refractivity contribution in [1.29, 1.82) is 0 Å². The second-order valence-corrected chi connectivity index (χ2v) is 7.10. The lowest BCUT2D eigenvalue weighted by Crippen LogP contribution is -2.42. The van der Waals surface area contributed by atoms with Crippen molar-refractivity contribution in [1.82, 2.24) is 14.9 Å². The summed E-state index contributed by atoms with van der Waals surface area (Å²) >= 11 is 0. The highest BCUT2D eigenvalue weighted by Gasteiger charge is 2.30. The lowest BCUT2D eigenvalue weighted by molar-refractivity contribution is -0.133. The van der Waals surface area contributed by atoms with E-state index < -0.39 is 0 Å². The first-order valence-corrected chi connectivity index (χ1v) is 9.77. The molecule has 6 heteroatoms. The summed E-state index contributed by atoms with van der Waals surface area (Å²) in [6, 6.07) is 10.1. The molecule has 2 aromatic rings. The zero-order chi connectivity index (χ0) is 18.6. The summed E-state index contributed by atoms with van der Waals surface area (Å²) in [7, 11) is 0. The number of hydrogen-bond acceptors (Lipinski definition) is 5. The first-order valence-electron chi connectivity index (χ1n) is 9.77. The topological polar surface area (TPSA) is 58.6 Å². The molecule has 2 aliphatic heterocycles. The van der Waals surface area contributed by atoms with Crippen molar-refractivity contribution >= 4 is 11.7 Å². The highest BCUT2D eigenvalue weighted by Crippen LogP contribution is 2.29. The molecule has 1 aromatic carbocycles. The maximum absolute atomic E-state index is 13.2. The Morgan fingerprint density at radius 2 is 1.93 bits per heavy atom. The molecular formula is C21H26N4O2. The smallest absolute Gasteiger partial charge is 0.230 e. The SMILES string of the molecule is CC[C@@H](C(=O)N1CCc2c(ncnc2N2CCOCC2)C1)c1ccccc1. The second kappa shape index (κ2) is 8.05. The highest BCUT2D eigenvalue weighted by atomic mass is 16.5. The minimum atomic E-state index is -0.0895. The Labute approximate surface area is 160 Å². The fraction of sp³-hybridized carbons (Fsp3) is 0.476. The maximum atomic E-state index is 13.2. The molecule has 0 saturated carbocycles. The second-order valence-electron chi connectivity index (χ2n) is 7.10. The van der Waals surface area contributed by atoms with E-state index >= 15 is 0 Å². The Morgan fingerprint density at radius 1 is 1.15 bits per heavy atom. The Morgan fingerprint density at radius 3 is 2.67 bits per heavy atom. The van der Waals surface area contributed by atoms with Gasteiger partial charge in [-0.2, -0.15) is 0 Å². The van der Waals surface area contributed by atoms with Gasteiger partial charge in [-0.05, 0) is 18.4 Å². The minimum Gasteiger partial charge on any atom is -0.378 e. The minimum absolute atomic E-state index is 0.0895. The molecule has 142 valence electrons. The molecule has 0 unspecified atom stereocenters. The van der Waals surface area contributed by atoms with E-state index in [9.17, 15) is 4.79 Å². The van der Waals surface area contributed by atoms with Crippen molar-refractivity contribution in [3.05, 3.63) is 53.5 Å². The van der Waals surface area contributed by atoms with Crippen molar-refractivity contribution in [2.45, 2.75) is 32.2 Å². The molecule has 1 fully saturated rings. The molecule has 6 nitrogen and oxygen atoms in total. The van der Waals surface area contributed by atoms with Crippen LogP contribution < -0.4 is 4.90 Å². The van der Waals surface area contributed by atoms with E-state index in [0.29, 0.717) is 6.54 Å². The zero-order valence-electron chi connectivity index (χ0n) is 15.8. The van der Waals surface area contributed by atoms with Crippen LogP contribution in [0.25, 0.3) is 0 Å². The van der Waals surface area contributed by atoms with Crippen LogP contribution in [0.2, 0.25) is 0 Å². The summed E-state index contributed by atoms with van der Waals surface area (Å²) in [5.41, 5.74) is 3.26. The number of nitrogens with zero attached hydrogens (tertiary/aromatic N) is 4. The molecule has 4 rings (SSSR count). The van der Waals surface area contributed by atoms with Gasteiger partial charge in [0.1, 0.15) is 12.1 Å². The predicted molar refractivity (Wildman–Crippen MR) is 104 cm³/mol. The van der Waals surface area contributed by atoms with E-state index in [-0.39, 0.29) is 11.8 Å². The number of benzene rings is 1. The summed E-state index contributed by atoms with van der Waals surface area (Å²) in [6.45, 7) is 6.55. The number of carbonyl (C=O) groups excluding carboxylic acids is 1. The molecule has 0 N–H and O–H groups in total. The van der Waals surface area contributed by atoms with Gasteiger partial charge in [-0.15, -0.1) is 0 Å². The maximum Gasteiger partial charge on any atom is 0.230 e. The fourth-order valence-corrected chi connectivity index (χ4v) is 4.03. The molecule has 3 heterocycles. The molecule has 0 radical (unpaired) electrons. The van der Waals surface area contributed by atoms with E-state index in [1.54, 1.807) is 6.33 Å². The van der Waals surface area contributed by atoms with Crippen LogP contribution >= 0.6 is 0 Å². The van der Waals surface area contributed by atoms with Crippen LogP contribution in [-0.2, 0) is 22.5 Å². The molecule has 0 bridgehead atoms. The molecule has 1 saturated heterocycles. The molecule has 0 aliphatic carbocycles. The van der Waals surface area contributed by atoms with Gasteiger partial charge in [0, 0.05) is 25.2 Å². The first-order chi connectivity index (χ1) is 13.3. The van der Waals surface area contributed by atoms with Crippen LogP contribution in [-0.4, -0.2) is 53.6 Å². The normalized spacial score (nSPS) is 18.1. The number of hydrogen-bond donors (Lipinski definition) is 0. The summed E-state index contributed by atoms with van der Waals surface area (Å²) < 4.78 is 5.46. The van der Waals surface area contributed by atoms with Crippen molar-refractivity contribution in [2.24, 2.45) is 0 Å². The average Bonchev–Trinajstić information content (AvgIpc) is 2.75. The average molecular weight is 366 g/mol. The summed E-state index contributed by atoms with van der Waals surface area (Å²) in [5, 5.41) is 0. The number of aromatic nitrogens is 2. The highest BCUT2D eigenvalue weighted by molar-refractivity contribution is 5.84. The van der Waals surface area contributed by atoms with E-state index in [2.05, 4.69) is 21.8 Å². The van der Waals surface area contributed by atoms with Gasteiger partial charge in [-0.3, -0.25) is 4.79 Å². The van der Waals surface area contributed by atoms with Gasteiger partial charge in [0.25, 0.3) is 0 Å². The molecular weight excluding hydrogens is 340 g/mol. The van der Waals surface area contributed by atoms with Crippen LogP contribution in [0.5, 0.6) is 0 Å². The van der Waals surface area contributed by atoms with E-state index in [1.165, 1.54) is 5.56 Å². The van der Waals surface area contributed by atoms with Gasteiger partial charge < -0.3 is 14.5 Å². The third-order valence-corrected chi connectivity index (χ3v) is 5.51. The van der Waals surface area contributed by atoms with Crippen LogP contribution in [0.3, 0.4) is 0 Å². The Bertz CT molecular complexity index is 790. The van der Waals surface area contributed by atoms with Crippen LogP contribution in [0, 0.1) is 0 Å². The first kappa shape index (κ1) is 17.9. The molecule has 2 aliphatic rings. The number of amides is 1. The third kappa shape index (κ3) is 3.67. The van der Waals surface area contributed by atoms with Gasteiger partial charge in [0.2, 0.25) is 5.91 Å². The number of anilines is 1. The van der Waals surface area contributed by atoms with Crippen molar-refractivity contribution < 1.29 is 9.53 Å². The number of ether oxygens (including phenoxy) is 1. The number of carbonyl (C=O) groups is 1. The van der Waals surface area contributed by atoms with Crippen molar-refractivity contribution in [2.75, 3.05) is 37.7 Å². The van der Waals surface area contributed by atoms with Crippen molar-refractivity contribution in [3.8, 4) is 0 Å². The summed E-state index contributed by atoms with van der Waals surface area (Å²) in [6.07, 6.45) is 3.24. The lowest BCUT2D eigenvalue weighted by atomic mass is 9.93. The van der Waals surface area contributed by atoms with E-state index in [0.717, 1.165) is 62.8 Å². The number of morpholine rings is 1. The van der Waals surface area contributed by atoms with E-state index in [4.69, 9.17) is 4.74 Å². The van der Waals surface area contributed by atoms with Crippen LogP contribution in [0.15, 0.2) is 36.7 Å². The Kier molecular flexibility index (Phi) is 5.34. The van der Waals surface area contributed by atoms with E-state index in [1.807, 2.05) is 35.2 Å². The number of fused-ring (bicyclic) bond motifs is 1. The van der Waals surface area contributed by atoms with Crippen LogP contribution in [0.4, 0.5) is 5.82 Å². The quantitative estimate of drug-likeness (QED) is 0.832. The van der Waals surface area contributed by atoms with Gasteiger partial charge in [-0.25, -0.2) is 9.97 Å². The lowest BCUT2D eigenvalue weighted by Gasteiger charge is -2.34. The van der Waals surface area contributed by atoms with Gasteiger partial charge in [0.15, 0.2) is 0 Å². The zero-order valence-corrected chi connectivity index (χ0v) is 15.8. The Balaban J connectivity index is 1.53.